The summed E-state index contributed by atoms with van der Waals surface area (Å²) in [6.07, 6.45) is 3.04. The van der Waals surface area contributed by atoms with E-state index < -0.39 is 11.6 Å². The number of hydrogen-bond donors (Lipinski definition) is 1. The molecule has 1 amide bonds. The lowest BCUT2D eigenvalue weighted by Gasteiger charge is -2.31. The quantitative estimate of drug-likeness (QED) is 0.919. The molecule has 0 atom stereocenters. The Morgan fingerprint density at radius 2 is 1.81 bits per heavy atom. The Bertz CT molecular complexity index is 488. The van der Waals surface area contributed by atoms with Crippen molar-refractivity contribution in [1.82, 2.24) is 4.90 Å². The molecule has 116 valence electrons. The van der Waals surface area contributed by atoms with E-state index in [1.54, 1.807) is 11.8 Å². The second-order valence-electron chi connectivity index (χ2n) is 5.49. The first kappa shape index (κ1) is 15.7. The highest BCUT2D eigenvalue weighted by Crippen LogP contribution is 2.24. The molecule has 21 heavy (non-hydrogen) atoms. The van der Waals surface area contributed by atoms with Crippen LogP contribution < -0.4 is 5.32 Å². The van der Waals surface area contributed by atoms with Gasteiger partial charge in [0.1, 0.15) is 17.3 Å². The van der Waals surface area contributed by atoms with Crippen LogP contribution in [-0.2, 0) is 0 Å². The van der Waals surface area contributed by atoms with Crippen LogP contribution in [0.3, 0.4) is 0 Å². The van der Waals surface area contributed by atoms with Crippen LogP contribution in [0.2, 0.25) is 0 Å². The number of likely N-dealkylation sites (tertiary alicyclic amines) is 1. The molecule has 1 fully saturated rings. The average Bonchev–Trinajstić information content (AvgIpc) is 2.50. The number of nitrogens with zero attached hydrogens (tertiary/aromatic N) is 1. The standard InChI is InChI=1S/C16H22F2N2O/c1-3-11-5-7-20(8-6-11)16(21)12-9-13(17)15(19-4-2)14(18)10-12/h9-11,19H,3-8H2,1-2H3. The number of carbonyl (C=O) groups excluding carboxylic acids is 1. The van der Waals surface area contributed by atoms with Gasteiger partial charge in [-0.25, -0.2) is 8.78 Å². The molecular weight excluding hydrogens is 274 g/mol. The Morgan fingerprint density at radius 3 is 2.29 bits per heavy atom. The van der Waals surface area contributed by atoms with Gasteiger partial charge in [-0.3, -0.25) is 4.79 Å². The molecule has 1 saturated heterocycles. The van der Waals surface area contributed by atoms with Crippen molar-refractivity contribution in [3.63, 3.8) is 0 Å². The second-order valence-corrected chi connectivity index (χ2v) is 5.49. The van der Waals surface area contributed by atoms with Gasteiger partial charge in [0.05, 0.1) is 0 Å². The number of piperidine rings is 1. The van der Waals surface area contributed by atoms with E-state index in [2.05, 4.69) is 12.2 Å². The number of amides is 1. The predicted molar refractivity (Wildman–Crippen MR) is 79.4 cm³/mol. The fraction of sp³-hybridized carbons (Fsp3) is 0.562. The summed E-state index contributed by atoms with van der Waals surface area (Å²) < 4.78 is 27.7. The maximum absolute atomic E-state index is 13.9. The third-order valence-electron chi connectivity index (χ3n) is 4.12. The average molecular weight is 296 g/mol. The Balaban J connectivity index is 2.13. The summed E-state index contributed by atoms with van der Waals surface area (Å²) in [5.41, 5.74) is -0.0830. The van der Waals surface area contributed by atoms with Gasteiger partial charge in [-0.05, 0) is 37.8 Å². The summed E-state index contributed by atoms with van der Waals surface area (Å²) in [6.45, 7) is 5.65. The summed E-state index contributed by atoms with van der Waals surface area (Å²) in [4.78, 5) is 14.0. The van der Waals surface area contributed by atoms with Crippen LogP contribution in [0.5, 0.6) is 0 Å². The molecule has 1 N–H and O–H groups in total. The van der Waals surface area contributed by atoms with E-state index in [1.165, 1.54) is 0 Å². The van der Waals surface area contributed by atoms with E-state index in [1.807, 2.05) is 0 Å². The van der Waals surface area contributed by atoms with Crippen LogP contribution >= 0.6 is 0 Å². The molecule has 1 aliphatic heterocycles. The zero-order valence-corrected chi connectivity index (χ0v) is 12.6. The zero-order valence-electron chi connectivity index (χ0n) is 12.6. The van der Waals surface area contributed by atoms with Gasteiger partial charge in [0.2, 0.25) is 0 Å². The Kier molecular flexibility index (Phi) is 5.15. The highest BCUT2D eigenvalue weighted by atomic mass is 19.1. The number of anilines is 1. The van der Waals surface area contributed by atoms with Gasteiger partial charge >= 0.3 is 0 Å². The summed E-state index contributed by atoms with van der Waals surface area (Å²) >= 11 is 0. The van der Waals surface area contributed by atoms with Crippen molar-refractivity contribution in [3.8, 4) is 0 Å². The smallest absolute Gasteiger partial charge is 0.254 e. The maximum atomic E-state index is 13.9. The number of rotatable bonds is 4. The van der Waals surface area contributed by atoms with Crippen LogP contribution in [0.4, 0.5) is 14.5 Å². The molecule has 0 unspecified atom stereocenters. The molecule has 0 aromatic heterocycles. The van der Waals surface area contributed by atoms with Gasteiger partial charge in [-0.1, -0.05) is 13.3 Å². The summed E-state index contributed by atoms with van der Waals surface area (Å²) in [6, 6.07) is 2.24. The third-order valence-corrected chi connectivity index (χ3v) is 4.12. The fourth-order valence-electron chi connectivity index (χ4n) is 2.77. The predicted octanol–water partition coefficient (Wildman–Crippen LogP) is 3.66. The zero-order chi connectivity index (χ0) is 15.4. The van der Waals surface area contributed by atoms with Crippen molar-refractivity contribution in [2.45, 2.75) is 33.1 Å². The molecule has 3 nitrogen and oxygen atoms in total. The summed E-state index contributed by atoms with van der Waals surface area (Å²) in [7, 11) is 0. The van der Waals surface area contributed by atoms with E-state index in [0.29, 0.717) is 25.6 Å². The second kappa shape index (κ2) is 6.87. The minimum absolute atomic E-state index is 0.0848. The minimum atomic E-state index is -0.719. The van der Waals surface area contributed by atoms with Gasteiger partial charge < -0.3 is 10.2 Å². The number of nitrogens with one attached hydrogen (secondary N) is 1. The SMILES string of the molecule is CCNc1c(F)cc(C(=O)N2CCC(CC)CC2)cc1F. The molecule has 1 aromatic rings. The van der Waals surface area contributed by atoms with Crippen molar-refractivity contribution >= 4 is 11.6 Å². The topological polar surface area (TPSA) is 32.3 Å². The monoisotopic (exact) mass is 296 g/mol. The third kappa shape index (κ3) is 3.52. The van der Waals surface area contributed by atoms with Crippen molar-refractivity contribution in [2.24, 2.45) is 5.92 Å². The van der Waals surface area contributed by atoms with E-state index in [0.717, 1.165) is 31.4 Å². The molecule has 1 heterocycles. The Hall–Kier alpha value is -1.65. The van der Waals surface area contributed by atoms with E-state index >= 15 is 0 Å². The molecule has 0 saturated carbocycles. The van der Waals surface area contributed by atoms with Crippen molar-refractivity contribution in [2.75, 3.05) is 25.0 Å². The Labute approximate surface area is 124 Å². The molecule has 2 rings (SSSR count). The largest absolute Gasteiger partial charge is 0.381 e. The minimum Gasteiger partial charge on any atom is -0.381 e. The number of benzene rings is 1. The van der Waals surface area contributed by atoms with E-state index in [9.17, 15) is 13.6 Å². The summed E-state index contributed by atoms with van der Waals surface area (Å²) in [5, 5.41) is 2.63. The van der Waals surface area contributed by atoms with Gasteiger partial charge in [0, 0.05) is 25.2 Å². The molecule has 0 aliphatic carbocycles. The maximum Gasteiger partial charge on any atom is 0.254 e. The Morgan fingerprint density at radius 1 is 1.24 bits per heavy atom. The lowest BCUT2D eigenvalue weighted by atomic mass is 9.94. The lowest BCUT2D eigenvalue weighted by molar-refractivity contribution is 0.0688. The molecule has 0 spiro atoms. The first-order valence-corrected chi connectivity index (χ1v) is 7.59. The fourth-order valence-corrected chi connectivity index (χ4v) is 2.77. The van der Waals surface area contributed by atoms with Crippen LogP contribution in [0.1, 0.15) is 43.5 Å². The molecular formula is C16H22F2N2O. The van der Waals surface area contributed by atoms with Crippen LogP contribution in [0, 0.1) is 17.6 Å². The van der Waals surface area contributed by atoms with Crippen molar-refractivity contribution in [3.05, 3.63) is 29.3 Å². The normalized spacial score (nSPS) is 16.1. The van der Waals surface area contributed by atoms with Crippen molar-refractivity contribution in [1.29, 1.82) is 0 Å². The first-order valence-electron chi connectivity index (χ1n) is 7.59. The lowest BCUT2D eigenvalue weighted by Crippen LogP contribution is -2.38. The van der Waals surface area contributed by atoms with Crippen LogP contribution in [0.15, 0.2) is 12.1 Å². The molecule has 1 aromatic carbocycles. The number of hydrogen-bond acceptors (Lipinski definition) is 2. The summed E-state index contributed by atoms with van der Waals surface area (Å²) in [5.74, 6) is -1.07. The molecule has 1 aliphatic rings. The van der Waals surface area contributed by atoms with Gasteiger partial charge in [0.25, 0.3) is 5.91 Å². The van der Waals surface area contributed by atoms with Crippen LogP contribution in [0.25, 0.3) is 0 Å². The number of halogens is 2. The number of carbonyl (C=O) groups is 1. The van der Waals surface area contributed by atoms with Crippen LogP contribution in [-0.4, -0.2) is 30.4 Å². The molecule has 5 heteroatoms. The first-order chi connectivity index (χ1) is 10.1. The van der Waals surface area contributed by atoms with Gasteiger partial charge in [-0.2, -0.15) is 0 Å². The molecule has 0 bridgehead atoms. The highest BCUT2D eigenvalue weighted by Gasteiger charge is 2.24. The van der Waals surface area contributed by atoms with Gasteiger partial charge in [0.15, 0.2) is 0 Å². The van der Waals surface area contributed by atoms with Gasteiger partial charge in [-0.15, -0.1) is 0 Å². The van der Waals surface area contributed by atoms with Crippen molar-refractivity contribution < 1.29 is 13.6 Å². The highest BCUT2D eigenvalue weighted by molar-refractivity contribution is 5.94. The van der Waals surface area contributed by atoms with E-state index in [-0.39, 0.29) is 17.2 Å². The molecule has 0 radical (unpaired) electrons. The van der Waals surface area contributed by atoms with E-state index in [4.69, 9.17) is 0 Å².